The largest absolute Gasteiger partial charge is 0.478 e. The van der Waals surface area contributed by atoms with Gasteiger partial charge in [0.15, 0.2) is 0 Å². The molecule has 0 aromatic heterocycles. The fraction of sp³-hybridized carbons (Fsp3) is 0.0667. The van der Waals surface area contributed by atoms with Crippen LogP contribution in [0.5, 0.6) is 0 Å². The summed E-state index contributed by atoms with van der Waals surface area (Å²) >= 11 is 3.18. The van der Waals surface area contributed by atoms with Gasteiger partial charge in [0.1, 0.15) is 5.82 Å². The minimum absolute atomic E-state index is 0.0376. The summed E-state index contributed by atoms with van der Waals surface area (Å²) in [5.41, 5.74) is 1.18. The third-order valence-corrected chi connectivity index (χ3v) is 3.30. The molecule has 0 bridgehead atoms. The van der Waals surface area contributed by atoms with E-state index in [0.29, 0.717) is 15.7 Å². The van der Waals surface area contributed by atoms with Gasteiger partial charge in [-0.2, -0.15) is 0 Å². The summed E-state index contributed by atoms with van der Waals surface area (Å²) in [4.78, 5) is 23.1. The number of hydrogen-bond donors (Lipinski definition) is 2. The molecule has 108 valence electrons. The van der Waals surface area contributed by atoms with Crippen LogP contribution in [0.1, 0.15) is 26.3 Å². The van der Waals surface area contributed by atoms with E-state index in [4.69, 9.17) is 5.11 Å². The summed E-state index contributed by atoms with van der Waals surface area (Å²) in [6.07, 6.45) is 0. The number of carboxylic acid groups (broad SMARTS) is 1. The molecule has 0 spiro atoms. The van der Waals surface area contributed by atoms with Gasteiger partial charge in [0, 0.05) is 15.7 Å². The van der Waals surface area contributed by atoms with Gasteiger partial charge in [-0.1, -0.05) is 22.0 Å². The molecule has 0 aliphatic rings. The van der Waals surface area contributed by atoms with Gasteiger partial charge in [-0.25, -0.2) is 9.18 Å². The van der Waals surface area contributed by atoms with Gasteiger partial charge in [0.25, 0.3) is 5.91 Å². The van der Waals surface area contributed by atoms with Crippen molar-refractivity contribution in [3.63, 3.8) is 0 Å². The molecule has 0 saturated carbocycles. The van der Waals surface area contributed by atoms with Gasteiger partial charge in [0.2, 0.25) is 0 Å². The van der Waals surface area contributed by atoms with Gasteiger partial charge in [-0.05, 0) is 42.8 Å². The Kier molecular flexibility index (Phi) is 4.37. The third kappa shape index (κ3) is 3.66. The van der Waals surface area contributed by atoms with Crippen molar-refractivity contribution in [2.24, 2.45) is 0 Å². The van der Waals surface area contributed by atoms with Gasteiger partial charge in [-0.3, -0.25) is 4.79 Å². The normalized spacial score (nSPS) is 10.2. The monoisotopic (exact) mass is 351 g/mol. The maximum Gasteiger partial charge on any atom is 0.335 e. The molecular formula is C15H11BrFNO3. The Labute approximate surface area is 128 Å². The maximum atomic E-state index is 13.2. The molecule has 2 aromatic rings. The highest BCUT2D eigenvalue weighted by Gasteiger charge is 2.12. The first-order valence-corrected chi connectivity index (χ1v) is 6.77. The standard InChI is InChI=1S/C15H11BrFNO3/c1-8-2-3-11(17)7-13(8)14(19)18-12-5-9(15(20)21)4-10(16)6-12/h2-7H,1H3,(H,18,19)(H,20,21). The molecule has 2 N–H and O–H groups in total. The molecule has 6 heteroatoms. The second-order valence-electron chi connectivity index (χ2n) is 4.45. The molecule has 2 aromatic carbocycles. The van der Waals surface area contributed by atoms with Crippen molar-refractivity contribution in [1.29, 1.82) is 0 Å². The molecule has 0 fully saturated rings. The lowest BCUT2D eigenvalue weighted by Crippen LogP contribution is -2.14. The average Bonchev–Trinajstić information content (AvgIpc) is 2.40. The predicted octanol–water partition coefficient (Wildman–Crippen LogP) is 3.85. The molecule has 0 saturated heterocycles. The molecule has 2 rings (SSSR count). The van der Waals surface area contributed by atoms with E-state index in [1.54, 1.807) is 13.0 Å². The van der Waals surface area contributed by atoms with E-state index in [1.165, 1.54) is 24.3 Å². The number of nitrogens with one attached hydrogen (secondary N) is 1. The number of carboxylic acids is 1. The van der Waals surface area contributed by atoms with Crippen LogP contribution in [0.3, 0.4) is 0 Å². The van der Waals surface area contributed by atoms with E-state index < -0.39 is 17.7 Å². The molecule has 0 unspecified atom stereocenters. The number of carbonyl (C=O) groups is 2. The molecule has 21 heavy (non-hydrogen) atoms. The Bertz CT molecular complexity index is 731. The number of anilines is 1. The lowest BCUT2D eigenvalue weighted by molar-refractivity contribution is 0.0696. The maximum absolute atomic E-state index is 13.2. The van der Waals surface area contributed by atoms with Crippen LogP contribution in [-0.4, -0.2) is 17.0 Å². The Morgan fingerprint density at radius 2 is 1.90 bits per heavy atom. The summed E-state index contributed by atoms with van der Waals surface area (Å²) in [6.45, 7) is 1.69. The third-order valence-electron chi connectivity index (χ3n) is 2.85. The smallest absolute Gasteiger partial charge is 0.335 e. The molecule has 0 atom stereocenters. The van der Waals surface area contributed by atoms with E-state index in [-0.39, 0.29) is 11.1 Å². The van der Waals surface area contributed by atoms with Crippen LogP contribution >= 0.6 is 15.9 Å². The molecule has 0 radical (unpaired) electrons. The van der Waals surface area contributed by atoms with Crippen molar-refractivity contribution in [1.82, 2.24) is 0 Å². The van der Waals surface area contributed by atoms with E-state index >= 15 is 0 Å². The molecule has 4 nitrogen and oxygen atoms in total. The fourth-order valence-corrected chi connectivity index (χ4v) is 2.32. The second-order valence-corrected chi connectivity index (χ2v) is 5.36. The molecule has 0 aliphatic carbocycles. The summed E-state index contributed by atoms with van der Waals surface area (Å²) in [7, 11) is 0. The van der Waals surface area contributed by atoms with Crippen LogP contribution in [0.15, 0.2) is 40.9 Å². The Hall–Kier alpha value is -2.21. The summed E-state index contributed by atoms with van der Waals surface area (Å²) in [5.74, 6) is -2.11. The van der Waals surface area contributed by atoms with Gasteiger partial charge in [-0.15, -0.1) is 0 Å². The number of benzene rings is 2. The Morgan fingerprint density at radius 1 is 1.19 bits per heavy atom. The average molecular weight is 352 g/mol. The number of amides is 1. The topological polar surface area (TPSA) is 66.4 Å². The van der Waals surface area contributed by atoms with Crippen LogP contribution in [0, 0.1) is 12.7 Å². The minimum Gasteiger partial charge on any atom is -0.478 e. The Balaban J connectivity index is 2.31. The van der Waals surface area contributed by atoms with Crippen LogP contribution < -0.4 is 5.32 Å². The number of halogens is 2. The minimum atomic E-state index is -1.10. The highest BCUT2D eigenvalue weighted by molar-refractivity contribution is 9.10. The van der Waals surface area contributed by atoms with Gasteiger partial charge >= 0.3 is 5.97 Å². The number of aryl methyl sites for hydroxylation is 1. The second kappa shape index (κ2) is 6.05. The van der Waals surface area contributed by atoms with Crippen molar-refractivity contribution < 1.29 is 19.1 Å². The number of carbonyl (C=O) groups excluding carboxylic acids is 1. The van der Waals surface area contributed by atoms with Crippen LogP contribution in [0.25, 0.3) is 0 Å². The summed E-state index contributed by atoms with van der Waals surface area (Å²) in [6, 6.07) is 8.24. The fourth-order valence-electron chi connectivity index (χ4n) is 1.82. The SMILES string of the molecule is Cc1ccc(F)cc1C(=O)Nc1cc(Br)cc(C(=O)O)c1. The zero-order valence-corrected chi connectivity index (χ0v) is 12.6. The first-order chi connectivity index (χ1) is 9.86. The number of rotatable bonds is 3. The van der Waals surface area contributed by atoms with Crippen molar-refractivity contribution in [2.45, 2.75) is 6.92 Å². The van der Waals surface area contributed by atoms with Crippen molar-refractivity contribution in [3.05, 3.63) is 63.4 Å². The molecule has 0 heterocycles. The first-order valence-electron chi connectivity index (χ1n) is 5.98. The van der Waals surface area contributed by atoms with Crippen LogP contribution in [0.4, 0.5) is 10.1 Å². The quantitative estimate of drug-likeness (QED) is 0.882. The van der Waals surface area contributed by atoms with Gasteiger partial charge < -0.3 is 10.4 Å². The van der Waals surface area contributed by atoms with Gasteiger partial charge in [0.05, 0.1) is 5.56 Å². The first kappa shape index (κ1) is 15.2. The van der Waals surface area contributed by atoms with Crippen LogP contribution in [0.2, 0.25) is 0 Å². The highest BCUT2D eigenvalue weighted by Crippen LogP contribution is 2.21. The number of aromatic carboxylic acids is 1. The molecular weight excluding hydrogens is 341 g/mol. The molecule has 0 aliphatic heterocycles. The Morgan fingerprint density at radius 3 is 2.57 bits per heavy atom. The lowest BCUT2D eigenvalue weighted by atomic mass is 10.1. The van der Waals surface area contributed by atoms with Crippen molar-refractivity contribution in [3.8, 4) is 0 Å². The predicted molar refractivity (Wildman–Crippen MR) is 80.2 cm³/mol. The van der Waals surface area contributed by atoms with E-state index in [9.17, 15) is 14.0 Å². The zero-order valence-electron chi connectivity index (χ0n) is 11.0. The van der Waals surface area contributed by atoms with Crippen molar-refractivity contribution in [2.75, 3.05) is 5.32 Å². The van der Waals surface area contributed by atoms with E-state index in [2.05, 4.69) is 21.2 Å². The summed E-state index contributed by atoms with van der Waals surface area (Å²) in [5, 5.41) is 11.5. The summed E-state index contributed by atoms with van der Waals surface area (Å²) < 4.78 is 13.7. The van der Waals surface area contributed by atoms with E-state index in [0.717, 1.165) is 6.07 Å². The van der Waals surface area contributed by atoms with E-state index in [1.807, 2.05) is 0 Å². The molecule has 1 amide bonds. The highest BCUT2D eigenvalue weighted by atomic mass is 79.9. The zero-order chi connectivity index (χ0) is 15.6. The van der Waals surface area contributed by atoms with Crippen molar-refractivity contribution >= 4 is 33.5 Å². The number of hydrogen-bond acceptors (Lipinski definition) is 2. The lowest BCUT2D eigenvalue weighted by Gasteiger charge is -2.09. The van der Waals surface area contributed by atoms with Crippen LogP contribution in [-0.2, 0) is 0 Å².